The number of thioether (sulfide) groups is 1. The summed E-state index contributed by atoms with van der Waals surface area (Å²) in [6.45, 7) is 2.04. The van der Waals surface area contributed by atoms with Crippen LogP contribution in [-0.4, -0.2) is 16.6 Å². The Morgan fingerprint density at radius 2 is 2.04 bits per heavy atom. The predicted molar refractivity (Wildman–Crippen MR) is 99.6 cm³/mol. The summed E-state index contributed by atoms with van der Waals surface area (Å²) in [6.07, 6.45) is 6.48. The zero-order chi connectivity index (χ0) is 16.9. The number of rotatable bonds is 5. The summed E-state index contributed by atoms with van der Waals surface area (Å²) >= 11 is 7.23. The highest BCUT2D eigenvalue weighted by Gasteiger charge is 2.14. The van der Waals surface area contributed by atoms with E-state index in [1.54, 1.807) is 12.3 Å². The highest BCUT2D eigenvalue weighted by molar-refractivity contribution is 7.99. The topological polar surface area (TPSA) is 42.0 Å². The minimum absolute atomic E-state index is 0.0157. The Morgan fingerprint density at radius 1 is 1.25 bits per heavy atom. The molecular weight excluding hydrogens is 340 g/mol. The lowest BCUT2D eigenvalue weighted by molar-refractivity contribution is -0.119. The lowest BCUT2D eigenvalue weighted by Crippen LogP contribution is -2.28. The molecule has 1 aromatic carbocycles. The molecule has 0 spiro atoms. The van der Waals surface area contributed by atoms with Gasteiger partial charge in [0.05, 0.1) is 21.8 Å². The lowest BCUT2D eigenvalue weighted by Gasteiger charge is -2.20. The number of carbonyl (C=O) groups excluding carboxylic acids is 1. The molecule has 1 aromatic heterocycles. The van der Waals surface area contributed by atoms with Crippen LogP contribution in [0, 0.1) is 0 Å². The minimum atomic E-state index is 0.0157. The largest absolute Gasteiger partial charge is 0.349 e. The Labute approximate surface area is 152 Å². The maximum atomic E-state index is 12.2. The summed E-state index contributed by atoms with van der Waals surface area (Å²) < 4.78 is 0. The van der Waals surface area contributed by atoms with Gasteiger partial charge in [0.1, 0.15) is 0 Å². The molecule has 1 heterocycles. The molecule has 24 heavy (non-hydrogen) atoms. The summed E-state index contributed by atoms with van der Waals surface area (Å²) in [5, 5.41) is 4.47. The van der Waals surface area contributed by atoms with E-state index >= 15 is 0 Å². The van der Waals surface area contributed by atoms with E-state index in [0.29, 0.717) is 10.8 Å². The first-order valence-electron chi connectivity index (χ1n) is 8.27. The van der Waals surface area contributed by atoms with Gasteiger partial charge in [-0.05, 0) is 61.4 Å². The van der Waals surface area contributed by atoms with Crippen LogP contribution in [0.15, 0.2) is 41.6 Å². The van der Waals surface area contributed by atoms with Gasteiger partial charge in [-0.15, -0.1) is 0 Å². The van der Waals surface area contributed by atoms with Gasteiger partial charge in [0, 0.05) is 6.20 Å². The van der Waals surface area contributed by atoms with E-state index in [4.69, 9.17) is 11.6 Å². The standard InChI is InChI=1S/C19H21ClN2OS/c1-13(15-7-6-14-4-2-3-5-16(14)10-15)22-18(23)12-24-19-9-8-17(20)11-21-19/h6-11,13H,2-5,12H2,1H3,(H,22,23). The van der Waals surface area contributed by atoms with E-state index < -0.39 is 0 Å². The normalized spacial score (nSPS) is 14.8. The van der Waals surface area contributed by atoms with Gasteiger partial charge in [0.2, 0.25) is 5.91 Å². The van der Waals surface area contributed by atoms with Gasteiger partial charge in [-0.1, -0.05) is 41.6 Å². The van der Waals surface area contributed by atoms with Crippen molar-refractivity contribution >= 4 is 29.3 Å². The van der Waals surface area contributed by atoms with E-state index in [2.05, 4.69) is 28.5 Å². The third-order valence-electron chi connectivity index (χ3n) is 4.30. The molecule has 3 rings (SSSR count). The van der Waals surface area contributed by atoms with Crippen molar-refractivity contribution in [3.63, 3.8) is 0 Å². The molecule has 0 fully saturated rings. The van der Waals surface area contributed by atoms with Crippen molar-refractivity contribution in [2.24, 2.45) is 0 Å². The summed E-state index contributed by atoms with van der Waals surface area (Å²) in [5.74, 6) is 0.367. The van der Waals surface area contributed by atoms with Crippen molar-refractivity contribution < 1.29 is 4.79 Å². The van der Waals surface area contributed by atoms with Gasteiger partial charge >= 0.3 is 0 Å². The van der Waals surface area contributed by atoms with E-state index in [9.17, 15) is 4.79 Å². The first-order chi connectivity index (χ1) is 11.6. The maximum absolute atomic E-state index is 12.2. The second kappa shape index (κ2) is 8.04. The average molecular weight is 361 g/mol. The third kappa shape index (κ3) is 4.52. The Hall–Kier alpha value is -1.52. The molecule has 0 saturated heterocycles. The number of nitrogens with one attached hydrogen (secondary N) is 1. The van der Waals surface area contributed by atoms with Crippen molar-refractivity contribution in [3.05, 3.63) is 58.2 Å². The van der Waals surface area contributed by atoms with Gasteiger partial charge < -0.3 is 5.32 Å². The lowest BCUT2D eigenvalue weighted by atomic mass is 9.89. The van der Waals surface area contributed by atoms with E-state index in [1.807, 2.05) is 13.0 Å². The smallest absolute Gasteiger partial charge is 0.230 e. The first-order valence-corrected chi connectivity index (χ1v) is 9.63. The van der Waals surface area contributed by atoms with E-state index in [-0.39, 0.29) is 11.9 Å². The van der Waals surface area contributed by atoms with Crippen LogP contribution in [-0.2, 0) is 17.6 Å². The number of benzene rings is 1. The fourth-order valence-electron chi connectivity index (χ4n) is 2.98. The Balaban J connectivity index is 1.55. The third-order valence-corrected chi connectivity index (χ3v) is 5.47. The molecular formula is C19H21ClN2OS. The molecule has 1 aliphatic rings. The van der Waals surface area contributed by atoms with Crippen LogP contribution in [0.2, 0.25) is 5.02 Å². The predicted octanol–water partition coefficient (Wildman–Crippen LogP) is 4.58. The number of aryl methyl sites for hydroxylation is 2. The molecule has 1 N–H and O–H groups in total. The maximum Gasteiger partial charge on any atom is 0.230 e. The van der Waals surface area contributed by atoms with Crippen LogP contribution >= 0.6 is 23.4 Å². The van der Waals surface area contributed by atoms with Crippen LogP contribution in [0.4, 0.5) is 0 Å². The number of nitrogens with zero attached hydrogens (tertiary/aromatic N) is 1. The van der Waals surface area contributed by atoms with Gasteiger partial charge in [-0.2, -0.15) is 0 Å². The van der Waals surface area contributed by atoms with Crippen molar-refractivity contribution in [1.82, 2.24) is 10.3 Å². The molecule has 3 nitrogen and oxygen atoms in total. The number of aromatic nitrogens is 1. The summed E-state index contributed by atoms with van der Waals surface area (Å²) in [6, 6.07) is 10.2. The molecule has 0 bridgehead atoms. The van der Waals surface area contributed by atoms with Crippen LogP contribution in [0.3, 0.4) is 0 Å². The second-order valence-electron chi connectivity index (χ2n) is 6.13. The van der Waals surface area contributed by atoms with Crippen molar-refractivity contribution in [1.29, 1.82) is 0 Å². The van der Waals surface area contributed by atoms with Gasteiger partial charge in [-0.25, -0.2) is 4.98 Å². The van der Waals surface area contributed by atoms with E-state index in [1.165, 1.54) is 47.7 Å². The number of halogens is 1. The first kappa shape index (κ1) is 17.3. The highest BCUT2D eigenvalue weighted by Crippen LogP contribution is 2.25. The van der Waals surface area contributed by atoms with Gasteiger partial charge in [0.25, 0.3) is 0 Å². The molecule has 1 aliphatic carbocycles. The fourth-order valence-corrected chi connectivity index (χ4v) is 3.74. The Bertz CT molecular complexity index is 718. The van der Waals surface area contributed by atoms with Crippen molar-refractivity contribution in [2.45, 2.75) is 43.7 Å². The zero-order valence-electron chi connectivity index (χ0n) is 13.7. The molecule has 5 heteroatoms. The second-order valence-corrected chi connectivity index (χ2v) is 7.56. The quantitative estimate of drug-likeness (QED) is 0.793. The molecule has 2 aromatic rings. The molecule has 126 valence electrons. The van der Waals surface area contributed by atoms with Crippen molar-refractivity contribution in [2.75, 3.05) is 5.75 Å². The number of hydrogen-bond donors (Lipinski definition) is 1. The average Bonchev–Trinajstić information content (AvgIpc) is 2.61. The monoisotopic (exact) mass is 360 g/mol. The van der Waals surface area contributed by atoms with Gasteiger partial charge in [-0.3, -0.25) is 4.79 Å². The number of hydrogen-bond acceptors (Lipinski definition) is 3. The zero-order valence-corrected chi connectivity index (χ0v) is 15.3. The van der Waals surface area contributed by atoms with Crippen LogP contribution in [0.5, 0.6) is 0 Å². The number of pyridine rings is 1. The van der Waals surface area contributed by atoms with E-state index in [0.717, 1.165) is 11.4 Å². The summed E-state index contributed by atoms with van der Waals surface area (Å²) in [4.78, 5) is 16.4. The molecule has 0 aliphatic heterocycles. The Morgan fingerprint density at radius 3 is 2.79 bits per heavy atom. The van der Waals surface area contributed by atoms with Crippen LogP contribution < -0.4 is 5.32 Å². The number of fused-ring (bicyclic) bond motifs is 1. The molecule has 0 radical (unpaired) electrons. The minimum Gasteiger partial charge on any atom is -0.349 e. The summed E-state index contributed by atoms with van der Waals surface area (Å²) in [7, 11) is 0. The van der Waals surface area contributed by atoms with Crippen LogP contribution in [0.25, 0.3) is 0 Å². The molecule has 1 unspecified atom stereocenters. The highest BCUT2D eigenvalue weighted by atomic mass is 35.5. The number of carbonyl (C=O) groups is 1. The molecule has 1 amide bonds. The Kier molecular flexibility index (Phi) is 5.80. The van der Waals surface area contributed by atoms with Gasteiger partial charge in [0.15, 0.2) is 0 Å². The SMILES string of the molecule is CC(NC(=O)CSc1ccc(Cl)cn1)c1ccc2c(c1)CCCC2. The number of amides is 1. The molecule has 1 atom stereocenters. The summed E-state index contributed by atoms with van der Waals surface area (Å²) in [5.41, 5.74) is 4.09. The molecule has 0 saturated carbocycles. The van der Waals surface area contributed by atoms with Crippen LogP contribution in [0.1, 0.15) is 42.5 Å². The fraction of sp³-hybridized carbons (Fsp3) is 0.368. The van der Waals surface area contributed by atoms with Crippen molar-refractivity contribution in [3.8, 4) is 0 Å².